The van der Waals surface area contributed by atoms with Crippen LogP contribution < -0.4 is 15.5 Å². The fourth-order valence-corrected chi connectivity index (χ4v) is 5.59. The van der Waals surface area contributed by atoms with Crippen molar-refractivity contribution in [3.63, 3.8) is 0 Å². The van der Waals surface area contributed by atoms with E-state index in [1.807, 2.05) is 12.1 Å². The van der Waals surface area contributed by atoms with E-state index < -0.39 is 10.0 Å². The summed E-state index contributed by atoms with van der Waals surface area (Å²) in [6.45, 7) is 4.03. The third kappa shape index (κ3) is 5.35. The van der Waals surface area contributed by atoms with Crippen LogP contribution in [0.25, 0.3) is 0 Å². The van der Waals surface area contributed by atoms with Crippen molar-refractivity contribution in [1.82, 2.24) is 4.31 Å². The molecule has 2 heterocycles. The van der Waals surface area contributed by atoms with Gasteiger partial charge in [0.2, 0.25) is 15.9 Å². The minimum Gasteiger partial charge on any atom is -0.378 e. The lowest BCUT2D eigenvalue weighted by Crippen LogP contribution is -2.36. The molecule has 2 saturated heterocycles. The fourth-order valence-electron chi connectivity index (χ4n) is 3.90. The number of ether oxygens (including phenoxy) is 1. The van der Waals surface area contributed by atoms with Gasteiger partial charge >= 0.3 is 0 Å². The molecule has 4 rings (SSSR count). The van der Waals surface area contributed by atoms with Crippen molar-refractivity contribution in [3.05, 3.63) is 47.5 Å². The van der Waals surface area contributed by atoms with Crippen LogP contribution in [0.4, 0.5) is 17.1 Å². The Balaban J connectivity index is 1.37. The third-order valence-electron chi connectivity index (χ3n) is 5.59. The van der Waals surface area contributed by atoms with Gasteiger partial charge in [0.05, 0.1) is 36.0 Å². The Hall–Kier alpha value is -2.33. The number of morpholine rings is 1. The minimum absolute atomic E-state index is 0.0471. The van der Waals surface area contributed by atoms with Crippen molar-refractivity contribution in [2.24, 2.45) is 0 Å². The lowest BCUT2D eigenvalue weighted by atomic mass is 10.2. The van der Waals surface area contributed by atoms with Gasteiger partial charge in [-0.1, -0.05) is 11.6 Å². The first kappa shape index (κ1) is 22.8. The van der Waals surface area contributed by atoms with Gasteiger partial charge in [0.1, 0.15) is 0 Å². The lowest BCUT2D eigenvalue weighted by molar-refractivity contribution is -0.114. The number of nitrogens with zero attached hydrogens (tertiary/aromatic N) is 2. The number of halogens is 1. The molecule has 0 aliphatic carbocycles. The quantitative estimate of drug-likeness (QED) is 0.635. The SMILES string of the molecule is O=C(CNc1cc(Cl)ccc1N1CCOCC1)Nc1ccc(S(=O)(=O)N2CCCC2)cc1. The Bertz CT molecular complexity index is 1050. The van der Waals surface area contributed by atoms with Gasteiger partial charge in [-0.2, -0.15) is 4.31 Å². The maximum absolute atomic E-state index is 12.6. The molecule has 172 valence electrons. The Morgan fingerprint density at radius 1 is 1.00 bits per heavy atom. The van der Waals surface area contributed by atoms with Crippen molar-refractivity contribution < 1.29 is 17.9 Å². The summed E-state index contributed by atoms with van der Waals surface area (Å²) < 4.78 is 32.2. The maximum atomic E-state index is 12.6. The number of benzene rings is 2. The van der Waals surface area contributed by atoms with E-state index in [-0.39, 0.29) is 17.3 Å². The molecule has 0 bridgehead atoms. The van der Waals surface area contributed by atoms with E-state index in [1.165, 1.54) is 16.4 Å². The molecule has 0 spiro atoms. The Morgan fingerprint density at radius 2 is 1.69 bits per heavy atom. The molecule has 2 aromatic rings. The number of anilines is 3. The second kappa shape index (κ2) is 10.1. The Morgan fingerprint density at radius 3 is 2.38 bits per heavy atom. The number of carbonyl (C=O) groups is 1. The molecule has 1 amide bonds. The zero-order chi connectivity index (χ0) is 22.6. The van der Waals surface area contributed by atoms with Crippen molar-refractivity contribution in [1.29, 1.82) is 0 Å². The van der Waals surface area contributed by atoms with Crippen LogP contribution in [0.2, 0.25) is 5.02 Å². The van der Waals surface area contributed by atoms with E-state index in [4.69, 9.17) is 16.3 Å². The van der Waals surface area contributed by atoms with Gasteiger partial charge in [0.25, 0.3) is 0 Å². The van der Waals surface area contributed by atoms with Gasteiger partial charge in [-0.3, -0.25) is 4.79 Å². The summed E-state index contributed by atoms with van der Waals surface area (Å²) in [6.07, 6.45) is 1.78. The zero-order valence-electron chi connectivity index (χ0n) is 17.7. The second-order valence-corrected chi connectivity index (χ2v) is 10.2. The first-order chi connectivity index (χ1) is 15.4. The monoisotopic (exact) mass is 478 g/mol. The molecular weight excluding hydrogens is 452 g/mol. The van der Waals surface area contributed by atoms with Crippen LogP contribution in [-0.2, 0) is 19.6 Å². The van der Waals surface area contributed by atoms with E-state index in [1.54, 1.807) is 18.2 Å². The summed E-state index contributed by atoms with van der Waals surface area (Å²) in [6, 6.07) is 11.9. The van der Waals surface area contributed by atoms with Gasteiger partial charge in [0.15, 0.2) is 0 Å². The normalized spacial score (nSPS) is 17.3. The highest BCUT2D eigenvalue weighted by Gasteiger charge is 2.27. The molecular formula is C22H27ClN4O4S. The fraction of sp³-hybridized carbons (Fsp3) is 0.409. The molecule has 2 aromatic carbocycles. The molecule has 32 heavy (non-hydrogen) atoms. The van der Waals surface area contributed by atoms with Crippen molar-refractivity contribution in [3.8, 4) is 0 Å². The smallest absolute Gasteiger partial charge is 0.243 e. The summed E-state index contributed by atoms with van der Waals surface area (Å²) in [4.78, 5) is 14.9. The Labute approximate surface area is 193 Å². The van der Waals surface area contributed by atoms with E-state index in [9.17, 15) is 13.2 Å². The molecule has 0 unspecified atom stereocenters. The molecule has 2 fully saturated rings. The average molecular weight is 479 g/mol. The van der Waals surface area contributed by atoms with Crippen LogP contribution in [0.15, 0.2) is 47.4 Å². The third-order valence-corrected chi connectivity index (χ3v) is 7.74. The first-order valence-electron chi connectivity index (χ1n) is 10.7. The maximum Gasteiger partial charge on any atom is 0.243 e. The van der Waals surface area contributed by atoms with Gasteiger partial charge in [0, 0.05) is 36.9 Å². The summed E-state index contributed by atoms with van der Waals surface area (Å²) in [5.41, 5.74) is 2.29. The summed E-state index contributed by atoms with van der Waals surface area (Å²) in [7, 11) is -3.47. The average Bonchev–Trinajstić information content (AvgIpc) is 3.35. The van der Waals surface area contributed by atoms with E-state index >= 15 is 0 Å². The molecule has 0 aromatic heterocycles. The summed E-state index contributed by atoms with van der Waals surface area (Å²) in [5, 5.41) is 6.54. The molecule has 0 saturated carbocycles. The summed E-state index contributed by atoms with van der Waals surface area (Å²) >= 11 is 6.16. The molecule has 2 aliphatic heterocycles. The van der Waals surface area contributed by atoms with Crippen LogP contribution in [0.3, 0.4) is 0 Å². The number of sulfonamides is 1. The first-order valence-corrected chi connectivity index (χ1v) is 12.5. The van der Waals surface area contributed by atoms with E-state index in [0.717, 1.165) is 37.3 Å². The number of carbonyl (C=O) groups excluding carboxylic acids is 1. The highest BCUT2D eigenvalue weighted by atomic mass is 35.5. The van der Waals surface area contributed by atoms with Crippen LogP contribution >= 0.6 is 11.6 Å². The Kier molecular flexibility index (Phi) is 7.20. The number of hydrogen-bond donors (Lipinski definition) is 2. The molecule has 0 radical (unpaired) electrons. The number of amides is 1. The van der Waals surface area contributed by atoms with E-state index in [2.05, 4.69) is 15.5 Å². The largest absolute Gasteiger partial charge is 0.378 e. The number of nitrogens with one attached hydrogen (secondary N) is 2. The molecule has 8 nitrogen and oxygen atoms in total. The molecule has 2 aliphatic rings. The standard InChI is InChI=1S/C22H27ClN4O4S/c23-17-3-8-21(26-11-13-31-14-12-26)20(15-17)24-16-22(28)25-18-4-6-19(7-5-18)32(29,30)27-9-1-2-10-27/h3-8,15,24H,1-2,9-14,16H2,(H,25,28). The predicted octanol–water partition coefficient (Wildman–Crippen LogP) is 3.01. The summed E-state index contributed by atoms with van der Waals surface area (Å²) in [5.74, 6) is -0.243. The van der Waals surface area contributed by atoms with E-state index in [0.29, 0.717) is 37.0 Å². The van der Waals surface area contributed by atoms with Crippen LogP contribution in [0, 0.1) is 0 Å². The molecule has 2 N–H and O–H groups in total. The molecule has 0 atom stereocenters. The minimum atomic E-state index is -3.47. The van der Waals surface area contributed by atoms with Crippen molar-refractivity contribution in [2.45, 2.75) is 17.7 Å². The highest BCUT2D eigenvalue weighted by Crippen LogP contribution is 2.30. The van der Waals surface area contributed by atoms with Gasteiger partial charge in [-0.25, -0.2) is 8.42 Å². The van der Waals surface area contributed by atoms with Crippen LogP contribution in [0.5, 0.6) is 0 Å². The van der Waals surface area contributed by atoms with Gasteiger partial charge in [-0.15, -0.1) is 0 Å². The highest BCUT2D eigenvalue weighted by molar-refractivity contribution is 7.89. The number of hydrogen-bond acceptors (Lipinski definition) is 6. The van der Waals surface area contributed by atoms with Crippen LogP contribution in [-0.4, -0.2) is 64.6 Å². The van der Waals surface area contributed by atoms with Crippen molar-refractivity contribution in [2.75, 3.05) is 61.5 Å². The number of rotatable bonds is 7. The second-order valence-electron chi connectivity index (χ2n) is 7.80. The lowest BCUT2D eigenvalue weighted by Gasteiger charge is -2.30. The topological polar surface area (TPSA) is 91.0 Å². The van der Waals surface area contributed by atoms with Crippen molar-refractivity contribution >= 4 is 44.6 Å². The van der Waals surface area contributed by atoms with Gasteiger partial charge < -0.3 is 20.3 Å². The zero-order valence-corrected chi connectivity index (χ0v) is 19.3. The molecule has 10 heteroatoms. The predicted molar refractivity (Wildman–Crippen MR) is 126 cm³/mol. The van der Waals surface area contributed by atoms with Crippen LogP contribution in [0.1, 0.15) is 12.8 Å². The van der Waals surface area contributed by atoms with Gasteiger partial charge in [-0.05, 0) is 55.3 Å².